The van der Waals surface area contributed by atoms with Crippen LogP contribution in [0.2, 0.25) is 0 Å². The third-order valence-corrected chi connectivity index (χ3v) is 4.13. The van der Waals surface area contributed by atoms with Gasteiger partial charge in [0.2, 0.25) is 0 Å². The van der Waals surface area contributed by atoms with Crippen molar-refractivity contribution in [3.8, 4) is 0 Å². The SMILES string of the molecule is CC(=Nc1ccccc1C)c1ccc(Br)cc1.Cc1ccccc1. The molecule has 122 valence electrons. The number of hydrogen-bond donors (Lipinski definition) is 0. The van der Waals surface area contributed by atoms with Gasteiger partial charge in [-0.3, -0.25) is 4.99 Å². The molecule has 0 heterocycles. The lowest BCUT2D eigenvalue weighted by molar-refractivity contribution is 1.38. The summed E-state index contributed by atoms with van der Waals surface area (Å²) >= 11 is 3.43. The molecule has 1 nitrogen and oxygen atoms in total. The van der Waals surface area contributed by atoms with Crippen LogP contribution in [0.25, 0.3) is 0 Å². The fourth-order valence-electron chi connectivity index (χ4n) is 2.16. The molecule has 0 aliphatic carbocycles. The highest BCUT2D eigenvalue weighted by Crippen LogP contribution is 2.19. The van der Waals surface area contributed by atoms with Crippen LogP contribution >= 0.6 is 15.9 Å². The van der Waals surface area contributed by atoms with Gasteiger partial charge in [-0.05, 0) is 50.1 Å². The highest BCUT2D eigenvalue weighted by molar-refractivity contribution is 9.10. The van der Waals surface area contributed by atoms with E-state index < -0.39 is 0 Å². The highest BCUT2D eigenvalue weighted by Gasteiger charge is 1.99. The molecule has 3 rings (SSSR count). The number of benzene rings is 3. The van der Waals surface area contributed by atoms with Gasteiger partial charge >= 0.3 is 0 Å². The third kappa shape index (κ3) is 5.78. The zero-order valence-electron chi connectivity index (χ0n) is 14.3. The first-order chi connectivity index (χ1) is 11.6. The fourth-order valence-corrected chi connectivity index (χ4v) is 2.42. The van der Waals surface area contributed by atoms with E-state index in [9.17, 15) is 0 Å². The van der Waals surface area contributed by atoms with Gasteiger partial charge in [0, 0.05) is 10.2 Å². The van der Waals surface area contributed by atoms with Crippen molar-refractivity contribution in [2.75, 3.05) is 0 Å². The molecular weight excluding hydrogens is 358 g/mol. The van der Waals surface area contributed by atoms with Crippen LogP contribution in [0.5, 0.6) is 0 Å². The van der Waals surface area contributed by atoms with Crippen molar-refractivity contribution in [1.29, 1.82) is 0 Å². The van der Waals surface area contributed by atoms with Crippen molar-refractivity contribution in [2.45, 2.75) is 20.8 Å². The quantitative estimate of drug-likeness (QED) is 0.429. The van der Waals surface area contributed by atoms with E-state index in [1.165, 1.54) is 11.1 Å². The van der Waals surface area contributed by atoms with Gasteiger partial charge in [-0.25, -0.2) is 0 Å². The average molecular weight is 380 g/mol. The summed E-state index contributed by atoms with van der Waals surface area (Å²) in [5.74, 6) is 0. The van der Waals surface area contributed by atoms with Crippen LogP contribution in [0.3, 0.4) is 0 Å². The zero-order valence-corrected chi connectivity index (χ0v) is 15.9. The van der Waals surface area contributed by atoms with Crippen LogP contribution in [0, 0.1) is 13.8 Å². The van der Waals surface area contributed by atoms with E-state index in [1.807, 2.05) is 55.5 Å². The Morgan fingerprint density at radius 2 is 1.33 bits per heavy atom. The summed E-state index contributed by atoms with van der Waals surface area (Å²) < 4.78 is 1.09. The van der Waals surface area contributed by atoms with Gasteiger partial charge in [0.1, 0.15) is 0 Å². The van der Waals surface area contributed by atoms with Crippen molar-refractivity contribution in [2.24, 2.45) is 4.99 Å². The number of aryl methyl sites for hydroxylation is 2. The zero-order chi connectivity index (χ0) is 17.4. The predicted octanol–water partition coefficient (Wildman–Crippen LogP) is 6.89. The minimum absolute atomic E-state index is 1.03. The molecule has 0 radical (unpaired) electrons. The van der Waals surface area contributed by atoms with E-state index in [1.54, 1.807) is 0 Å². The highest BCUT2D eigenvalue weighted by atomic mass is 79.9. The Morgan fingerprint density at radius 3 is 1.88 bits per heavy atom. The first-order valence-electron chi connectivity index (χ1n) is 7.95. The standard InChI is InChI=1S/C15H14BrN.C7H8/c1-11-5-3-4-6-15(11)17-12(2)13-7-9-14(16)10-8-13;1-7-5-3-2-4-6-7/h3-10H,1-2H3;2-6H,1H3. The Kier molecular flexibility index (Phi) is 6.95. The maximum absolute atomic E-state index is 4.66. The van der Waals surface area contributed by atoms with Gasteiger partial charge in [-0.1, -0.05) is 82.2 Å². The minimum atomic E-state index is 1.03. The molecule has 0 fully saturated rings. The molecule has 3 aromatic rings. The third-order valence-electron chi connectivity index (χ3n) is 3.61. The first-order valence-corrected chi connectivity index (χ1v) is 8.74. The molecule has 0 spiro atoms. The minimum Gasteiger partial charge on any atom is -0.253 e. The average Bonchev–Trinajstić information content (AvgIpc) is 2.59. The second-order valence-electron chi connectivity index (χ2n) is 5.65. The maximum atomic E-state index is 4.66. The topological polar surface area (TPSA) is 12.4 Å². The summed E-state index contributed by atoms with van der Waals surface area (Å²) in [5.41, 5.74) is 5.74. The first kappa shape index (κ1) is 18.2. The van der Waals surface area contributed by atoms with E-state index in [2.05, 4.69) is 65.1 Å². The van der Waals surface area contributed by atoms with Gasteiger partial charge in [0.25, 0.3) is 0 Å². The number of para-hydroxylation sites is 1. The maximum Gasteiger partial charge on any atom is 0.0662 e. The largest absolute Gasteiger partial charge is 0.253 e. The smallest absolute Gasteiger partial charge is 0.0662 e. The van der Waals surface area contributed by atoms with E-state index in [0.717, 1.165) is 21.4 Å². The van der Waals surface area contributed by atoms with E-state index in [-0.39, 0.29) is 0 Å². The second-order valence-corrected chi connectivity index (χ2v) is 6.56. The molecule has 0 aliphatic rings. The molecule has 0 saturated heterocycles. The number of rotatable bonds is 2. The molecule has 0 aliphatic heterocycles. The summed E-state index contributed by atoms with van der Waals surface area (Å²) in [4.78, 5) is 4.66. The Balaban J connectivity index is 0.000000249. The van der Waals surface area contributed by atoms with Crippen molar-refractivity contribution < 1.29 is 0 Å². The number of nitrogens with zero attached hydrogens (tertiary/aromatic N) is 1. The van der Waals surface area contributed by atoms with Gasteiger partial charge in [0.05, 0.1) is 5.69 Å². The molecule has 0 amide bonds. The summed E-state index contributed by atoms with van der Waals surface area (Å²) in [5, 5.41) is 0. The lowest BCUT2D eigenvalue weighted by Gasteiger charge is -2.03. The van der Waals surface area contributed by atoms with Crippen LogP contribution in [0.15, 0.2) is 88.3 Å². The van der Waals surface area contributed by atoms with Crippen LogP contribution in [-0.4, -0.2) is 5.71 Å². The molecule has 2 heteroatoms. The van der Waals surface area contributed by atoms with Crippen molar-refractivity contribution in [3.05, 3.63) is 100 Å². The lowest BCUT2D eigenvalue weighted by Crippen LogP contribution is -1.93. The number of hydrogen-bond acceptors (Lipinski definition) is 1. The normalized spacial score (nSPS) is 10.8. The van der Waals surface area contributed by atoms with Gasteiger partial charge in [-0.2, -0.15) is 0 Å². The van der Waals surface area contributed by atoms with Crippen molar-refractivity contribution >= 4 is 27.3 Å². The molecule has 0 unspecified atom stereocenters. The number of aliphatic imine (C=N–C) groups is 1. The molecule has 0 bridgehead atoms. The Hall–Kier alpha value is -2.19. The van der Waals surface area contributed by atoms with E-state index >= 15 is 0 Å². The Morgan fingerprint density at radius 1 is 0.750 bits per heavy atom. The molecule has 0 saturated carbocycles. The predicted molar refractivity (Wildman–Crippen MR) is 108 cm³/mol. The summed E-state index contributed by atoms with van der Waals surface area (Å²) in [6, 6.07) is 26.6. The number of halogens is 1. The van der Waals surface area contributed by atoms with Gasteiger partial charge < -0.3 is 0 Å². The van der Waals surface area contributed by atoms with Crippen LogP contribution < -0.4 is 0 Å². The lowest BCUT2D eigenvalue weighted by atomic mass is 10.1. The van der Waals surface area contributed by atoms with Crippen LogP contribution in [-0.2, 0) is 0 Å². The molecule has 24 heavy (non-hydrogen) atoms. The van der Waals surface area contributed by atoms with Gasteiger partial charge in [-0.15, -0.1) is 0 Å². The van der Waals surface area contributed by atoms with E-state index in [4.69, 9.17) is 0 Å². The molecule has 3 aromatic carbocycles. The fraction of sp³-hybridized carbons (Fsp3) is 0.136. The Labute approximate surface area is 153 Å². The van der Waals surface area contributed by atoms with Gasteiger partial charge in [0.15, 0.2) is 0 Å². The summed E-state index contributed by atoms with van der Waals surface area (Å²) in [7, 11) is 0. The summed E-state index contributed by atoms with van der Waals surface area (Å²) in [6.07, 6.45) is 0. The monoisotopic (exact) mass is 379 g/mol. The van der Waals surface area contributed by atoms with Crippen LogP contribution in [0.1, 0.15) is 23.6 Å². The molecule has 0 N–H and O–H groups in total. The second kappa shape index (κ2) is 9.19. The van der Waals surface area contributed by atoms with Crippen molar-refractivity contribution in [1.82, 2.24) is 0 Å². The molecule has 0 aromatic heterocycles. The summed E-state index contributed by atoms with van der Waals surface area (Å²) in [6.45, 7) is 6.20. The molecular formula is C22H22BrN. The van der Waals surface area contributed by atoms with E-state index in [0.29, 0.717) is 0 Å². The Bertz CT molecular complexity index is 790. The van der Waals surface area contributed by atoms with Crippen LogP contribution in [0.4, 0.5) is 5.69 Å². The van der Waals surface area contributed by atoms with Crippen molar-refractivity contribution in [3.63, 3.8) is 0 Å². The molecule has 0 atom stereocenters.